The van der Waals surface area contributed by atoms with Crippen molar-refractivity contribution >= 4 is 6.08 Å². The number of benzene rings is 1. The van der Waals surface area contributed by atoms with Crippen LogP contribution in [0.15, 0.2) is 43.0 Å². The zero-order chi connectivity index (χ0) is 13.7. The molecule has 0 amide bonds. The molecule has 2 rings (SSSR count). The molecule has 0 saturated heterocycles. The molecular formula is C17H16N2. The van der Waals surface area contributed by atoms with Gasteiger partial charge in [-0.1, -0.05) is 36.9 Å². The number of pyridine rings is 1. The summed E-state index contributed by atoms with van der Waals surface area (Å²) in [6.45, 7) is 5.75. The Balaban J connectivity index is 2.17. The highest BCUT2D eigenvalue weighted by Gasteiger charge is 2.02. The van der Waals surface area contributed by atoms with Crippen LogP contribution in [0.2, 0.25) is 0 Å². The number of hydrogen-bond acceptors (Lipinski definition) is 2. The zero-order valence-electron chi connectivity index (χ0n) is 11.1. The van der Waals surface area contributed by atoms with E-state index in [1.165, 1.54) is 11.1 Å². The van der Waals surface area contributed by atoms with E-state index in [1.54, 1.807) is 0 Å². The molecule has 1 aromatic carbocycles. The number of aryl methyl sites for hydroxylation is 3. The largest absolute Gasteiger partial charge is 0.242 e. The van der Waals surface area contributed by atoms with E-state index < -0.39 is 0 Å². The Hall–Kier alpha value is -2.40. The van der Waals surface area contributed by atoms with E-state index in [9.17, 15) is 0 Å². The van der Waals surface area contributed by atoms with Crippen molar-refractivity contribution in [2.75, 3.05) is 0 Å². The summed E-state index contributed by atoms with van der Waals surface area (Å²) in [5, 5.41) is 8.93. The number of rotatable bonds is 4. The van der Waals surface area contributed by atoms with E-state index >= 15 is 0 Å². The summed E-state index contributed by atoms with van der Waals surface area (Å²) < 4.78 is 0. The Morgan fingerprint density at radius 1 is 1.26 bits per heavy atom. The molecule has 0 N–H and O–H groups in total. The van der Waals surface area contributed by atoms with Gasteiger partial charge in [0.05, 0.1) is 0 Å². The van der Waals surface area contributed by atoms with E-state index in [-0.39, 0.29) is 0 Å². The van der Waals surface area contributed by atoms with Crippen molar-refractivity contribution in [2.24, 2.45) is 0 Å². The Morgan fingerprint density at radius 2 is 2.05 bits per heavy atom. The van der Waals surface area contributed by atoms with E-state index in [4.69, 9.17) is 5.26 Å². The summed E-state index contributed by atoms with van der Waals surface area (Å²) in [5.74, 6) is 0. The molecule has 2 heteroatoms. The van der Waals surface area contributed by atoms with Gasteiger partial charge in [-0.3, -0.25) is 0 Å². The van der Waals surface area contributed by atoms with Crippen LogP contribution in [-0.2, 0) is 12.8 Å². The maximum absolute atomic E-state index is 8.93. The monoisotopic (exact) mass is 248 g/mol. The molecule has 1 heterocycles. The molecule has 0 radical (unpaired) electrons. The topological polar surface area (TPSA) is 36.7 Å². The highest BCUT2D eigenvalue weighted by atomic mass is 14.7. The summed E-state index contributed by atoms with van der Waals surface area (Å²) in [6, 6.07) is 14.3. The van der Waals surface area contributed by atoms with Gasteiger partial charge in [0.1, 0.15) is 11.8 Å². The van der Waals surface area contributed by atoms with Gasteiger partial charge in [-0.05, 0) is 48.6 Å². The minimum Gasteiger partial charge on any atom is -0.242 e. The van der Waals surface area contributed by atoms with Crippen LogP contribution in [0.25, 0.3) is 6.08 Å². The molecule has 0 aliphatic carbocycles. The van der Waals surface area contributed by atoms with Gasteiger partial charge in [0.15, 0.2) is 0 Å². The van der Waals surface area contributed by atoms with Gasteiger partial charge in [0.25, 0.3) is 0 Å². The fourth-order valence-electron chi connectivity index (χ4n) is 2.18. The summed E-state index contributed by atoms with van der Waals surface area (Å²) in [7, 11) is 0. The number of nitrogens with zero attached hydrogens (tertiary/aromatic N) is 2. The van der Waals surface area contributed by atoms with Crippen LogP contribution in [0.1, 0.15) is 28.1 Å². The number of aromatic nitrogens is 1. The molecule has 0 saturated carbocycles. The molecule has 0 unspecified atom stereocenters. The lowest BCUT2D eigenvalue weighted by atomic mass is 9.99. The van der Waals surface area contributed by atoms with Crippen molar-refractivity contribution in [1.29, 1.82) is 5.26 Å². The van der Waals surface area contributed by atoms with E-state index in [1.807, 2.05) is 37.3 Å². The van der Waals surface area contributed by atoms with Crippen molar-refractivity contribution in [3.8, 4) is 6.07 Å². The maximum atomic E-state index is 8.93. The molecule has 0 spiro atoms. The normalized spacial score (nSPS) is 9.89. The molecule has 0 bridgehead atoms. The Morgan fingerprint density at radius 3 is 2.79 bits per heavy atom. The molecule has 1 aromatic heterocycles. The smallest absolute Gasteiger partial charge is 0.141 e. The van der Waals surface area contributed by atoms with E-state index in [0.717, 1.165) is 24.1 Å². The molecule has 19 heavy (non-hydrogen) atoms. The van der Waals surface area contributed by atoms with Gasteiger partial charge < -0.3 is 0 Å². The second-order valence-electron chi connectivity index (χ2n) is 4.52. The van der Waals surface area contributed by atoms with Gasteiger partial charge in [0, 0.05) is 5.69 Å². The SMILES string of the molecule is C=Cc1ccccc1CCc1cc(C)nc(C#N)c1. The Kier molecular flexibility index (Phi) is 4.10. The first-order valence-corrected chi connectivity index (χ1v) is 6.31. The standard InChI is InChI=1S/C17H16N2/c1-3-15-6-4-5-7-16(15)9-8-14-10-13(2)19-17(11-14)12-18/h3-7,10-11H,1,8-9H2,2H3. The van der Waals surface area contributed by atoms with Gasteiger partial charge >= 0.3 is 0 Å². The third kappa shape index (κ3) is 3.29. The van der Waals surface area contributed by atoms with E-state index in [2.05, 4.69) is 29.8 Å². The summed E-state index contributed by atoms with van der Waals surface area (Å²) in [6.07, 6.45) is 3.73. The third-order valence-electron chi connectivity index (χ3n) is 3.09. The second-order valence-corrected chi connectivity index (χ2v) is 4.52. The molecule has 0 aliphatic heterocycles. The Bertz CT molecular complexity index is 636. The lowest BCUT2D eigenvalue weighted by molar-refractivity contribution is 0.945. The van der Waals surface area contributed by atoms with Crippen LogP contribution in [0.4, 0.5) is 0 Å². The molecule has 94 valence electrons. The first kappa shape index (κ1) is 13.0. The van der Waals surface area contributed by atoms with Crippen LogP contribution >= 0.6 is 0 Å². The predicted octanol–water partition coefficient (Wildman–Crippen LogP) is 3.69. The zero-order valence-corrected chi connectivity index (χ0v) is 11.1. The van der Waals surface area contributed by atoms with Crippen LogP contribution < -0.4 is 0 Å². The Labute approximate surface area is 114 Å². The van der Waals surface area contributed by atoms with Crippen molar-refractivity contribution in [3.05, 3.63) is 71.1 Å². The van der Waals surface area contributed by atoms with Gasteiger partial charge in [0.2, 0.25) is 0 Å². The molecule has 0 atom stereocenters. The second kappa shape index (κ2) is 5.97. The minimum atomic E-state index is 0.493. The van der Waals surface area contributed by atoms with Crippen LogP contribution in [0.5, 0.6) is 0 Å². The fraction of sp³-hybridized carbons (Fsp3) is 0.176. The average Bonchev–Trinajstić information content (AvgIpc) is 2.44. The first-order valence-electron chi connectivity index (χ1n) is 6.31. The summed E-state index contributed by atoms with van der Waals surface area (Å²) in [4.78, 5) is 4.16. The summed E-state index contributed by atoms with van der Waals surface area (Å²) >= 11 is 0. The van der Waals surface area contributed by atoms with Gasteiger partial charge in [-0.25, -0.2) is 4.98 Å². The van der Waals surface area contributed by atoms with Crippen molar-refractivity contribution in [1.82, 2.24) is 4.98 Å². The van der Waals surface area contributed by atoms with Gasteiger partial charge in [-0.2, -0.15) is 5.26 Å². The highest BCUT2D eigenvalue weighted by molar-refractivity contribution is 5.51. The lowest BCUT2D eigenvalue weighted by Gasteiger charge is -2.07. The van der Waals surface area contributed by atoms with E-state index in [0.29, 0.717) is 5.69 Å². The fourth-order valence-corrected chi connectivity index (χ4v) is 2.18. The average molecular weight is 248 g/mol. The molecule has 0 aliphatic rings. The minimum absolute atomic E-state index is 0.493. The van der Waals surface area contributed by atoms with Crippen LogP contribution in [0, 0.1) is 18.3 Å². The molecule has 0 fully saturated rings. The predicted molar refractivity (Wildman–Crippen MR) is 77.6 cm³/mol. The van der Waals surface area contributed by atoms with Crippen molar-refractivity contribution < 1.29 is 0 Å². The maximum Gasteiger partial charge on any atom is 0.141 e. The molecule has 2 nitrogen and oxygen atoms in total. The van der Waals surface area contributed by atoms with Crippen molar-refractivity contribution in [2.45, 2.75) is 19.8 Å². The third-order valence-corrected chi connectivity index (χ3v) is 3.09. The molecule has 2 aromatic rings. The lowest BCUT2D eigenvalue weighted by Crippen LogP contribution is -1.97. The first-order chi connectivity index (χ1) is 9.22. The van der Waals surface area contributed by atoms with Crippen molar-refractivity contribution in [3.63, 3.8) is 0 Å². The highest BCUT2D eigenvalue weighted by Crippen LogP contribution is 2.14. The van der Waals surface area contributed by atoms with Crippen LogP contribution in [0.3, 0.4) is 0 Å². The summed E-state index contributed by atoms with van der Waals surface area (Å²) in [5.41, 5.74) is 5.00. The van der Waals surface area contributed by atoms with Gasteiger partial charge in [-0.15, -0.1) is 0 Å². The molecular weight excluding hydrogens is 232 g/mol. The van der Waals surface area contributed by atoms with Crippen LogP contribution in [-0.4, -0.2) is 4.98 Å². The quantitative estimate of drug-likeness (QED) is 0.827. The number of nitriles is 1. The number of hydrogen-bond donors (Lipinski definition) is 0.